The Bertz CT molecular complexity index is 1280. The predicted octanol–water partition coefficient (Wildman–Crippen LogP) is 6.21. The van der Waals surface area contributed by atoms with Crippen molar-refractivity contribution < 1.29 is 32.6 Å². The summed E-state index contributed by atoms with van der Waals surface area (Å²) in [6, 6.07) is 10.9. The number of nitrogens with zero attached hydrogens (tertiary/aromatic N) is 1. The van der Waals surface area contributed by atoms with Gasteiger partial charge in [0.25, 0.3) is 0 Å². The standard InChI is InChI=1S/C32H37F3N2O4/c1-41-24-13-12-23(32(33,34)35)14-22(24)18-36-26-25(31-15-19(16-31)17-31)28(30(39)40)37(27(26)20-8-4-2-5-9-20)29(38)21-10-6-3-7-11-21/h2,4-5,8-9,12-14,19,21,25-28,36H,3,6-7,10-11,15-18H2,1H3,(H,39,40)/t19?,25-,26-,27-,28-,31?/m0/s1. The van der Waals surface area contributed by atoms with Crippen LogP contribution >= 0.6 is 0 Å². The van der Waals surface area contributed by atoms with Gasteiger partial charge in [-0.25, -0.2) is 4.79 Å². The summed E-state index contributed by atoms with van der Waals surface area (Å²) in [7, 11) is 1.42. The lowest BCUT2D eigenvalue weighted by Crippen LogP contribution is -2.63. The smallest absolute Gasteiger partial charge is 0.416 e. The molecule has 1 amide bonds. The van der Waals surface area contributed by atoms with Gasteiger partial charge in [-0.15, -0.1) is 0 Å². The maximum absolute atomic E-state index is 14.3. The van der Waals surface area contributed by atoms with Gasteiger partial charge in [0, 0.05) is 30.0 Å². The van der Waals surface area contributed by atoms with E-state index in [2.05, 4.69) is 5.32 Å². The highest BCUT2D eigenvalue weighted by Gasteiger charge is 2.69. The van der Waals surface area contributed by atoms with Gasteiger partial charge in [-0.05, 0) is 67.2 Å². The second-order valence-corrected chi connectivity index (χ2v) is 12.5. The third-order valence-corrected chi connectivity index (χ3v) is 10.2. The molecule has 2 bridgehead atoms. The number of hydrogen-bond acceptors (Lipinski definition) is 4. The lowest BCUT2D eigenvalue weighted by atomic mass is 9.38. The second kappa shape index (κ2) is 10.6. The number of benzene rings is 2. The van der Waals surface area contributed by atoms with Gasteiger partial charge < -0.3 is 20.1 Å². The number of methoxy groups -OCH3 is 1. The molecule has 5 aliphatic rings. The first kappa shape index (κ1) is 28.1. The number of carboxylic acids is 1. The molecule has 4 atom stereocenters. The molecule has 0 radical (unpaired) electrons. The van der Waals surface area contributed by atoms with Crippen LogP contribution in [0.3, 0.4) is 0 Å². The summed E-state index contributed by atoms with van der Waals surface area (Å²) in [4.78, 5) is 29.0. The molecule has 9 heteroatoms. The van der Waals surface area contributed by atoms with E-state index in [0.29, 0.717) is 17.2 Å². The fourth-order valence-corrected chi connectivity index (χ4v) is 8.27. The van der Waals surface area contributed by atoms with E-state index >= 15 is 0 Å². The molecule has 4 saturated carbocycles. The molecule has 41 heavy (non-hydrogen) atoms. The molecule has 6 nitrogen and oxygen atoms in total. The summed E-state index contributed by atoms with van der Waals surface area (Å²) < 4.78 is 46.2. The van der Waals surface area contributed by atoms with Gasteiger partial charge >= 0.3 is 12.1 Å². The summed E-state index contributed by atoms with van der Waals surface area (Å²) in [5.74, 6) is -0.778. The number of carboxylic acid groups (broad SMARTS) is 1. The number of alkyl halides is 3. The lowest BCUT2D eigenvalue weighted by molar-refractivity contribution is -0.178. The van der Waals surface area contributed by atoms with Crippen LogP contribution in [0, 0.1) is 23.2 Å². The number of carbonyl (C=O) groups is 2. The Balaban J connectivity index is 1.42. The quantitative estimate of drug-likeness (QED) is 0.395. The second-order valence-electron chi connectivity index (χ2n) is 12.5. The zero-order valence-electron chi connectivity index (χ0n) is 23.2. The minimum Gasteiger partial charge on any atom is -0.496 e. The summed E-state index contributed by atoms with van der Waals surface area (Å²) in [5.41, 5.74) is 0.229. The molecule has 2 aromatic carbocycles. The number of rotatable bonds is 8. The maximum atomic E-state index is 14.3. The SMILES string of the molecule is COc1ccc(C(F)(F)F)cc1CN[C@H]1[C@H](C23CC(C2)C3)[C@@H](C(=O)O)N(C(=O)C2CCCCC2)[C@H]1c1ccccc1. The van der Waals surface area contributed by atoms with Crippen molar-refractivity contribution in [2.24, 2.45) is 23.2 Å². The van der Waals surface area contributed by atoms with Gasteiger partial charge in [0.05, 0.1) is 18.7 Å². The number of nitrogens with one attached hydrogen (secondary N) is 1. The summed E-state index contributed by atoms with van der Waals surface area (Å²) in [5, 5.41) is 14.2. The zero-order chi connectivity index (χ0) is 28.9. The van der Waals surface area contributed by atoms with Gasteiger partial charge in [0.1, 0.15) is 11.8 Å². The average molecular weight is 571 g/mol. The van der Waals surface area contributed by atoms with Crippen molar-refractivity contribution in [1.29, 1.82) is 0 Å². The van der Waals surface area contributed by atoms with E-state index in [1.807, 2.05) is 30.3 Å². The molecule has 7 rings (SSSR count). The third kappa shape index (κ3) is 4.90. The fourth-order valence-electron chi connectivity index (χ4n) is 8.27. The maximum Gasteiger partial charge on any atom is 0.416 e. The number of carbonyl (C=O) groups excluding carboxylic acids is 1. The molecule has 1 heterocycles. The molecule has 2 aromatic rings. The highest BCUT2D eigenvalue weighted by atomic mass is 19.4. The Labute approximate surface area is 238 Å². The normalized spacial score (nSPS) is 31.3. The first-order chi connectivity index (χ1) is 19.6. The molecule has 0 aromatic heterocycles. The summed E-state index contributed by atoms with van der Waals surface area (Å²) in [6.07, 6.45) is 2.76. The topological polar surface area (TPSA) is 78.9 Å². The van der Waals surface area contributed by atoms with Crippen LogP contribution < -0.4 is 10.1 Å². The van der Waals surface area contributed by atoms with Crippen molar-refractivity contribution in [2.45, 2.75) is 82.2 Å². The van der Waals surface area contributed by atoms with Crippen LogP contribution in [0.15, 0.2) is 48.5 Å². The van der Waals surface area contributed by atoms with E-state index in [0.717, 1.165) is 69.1 Å². The van der Waals surface area contributed by atoms with Crippen molar-refractivity contribution >= 4 is 11.9 Å². The third-order valence-electron chi connectivity index (χ3n) is 10.2. The molecular formula is C32H37F3N2O4. The van der Waals surface area contributed by atoms with Crippen molar-refractivity contribution in [3.05, 3.63) is 65.2 Å². The van der Waals surface area contributed by atoms with E-state index in [1.165, 1.54) is 13.2 Å². The van der Waals surface area contributed by atoms with E-state index in [-0.39, 0.29) is 29.7 Å². The van der Waals surface area contributed by atoms with Crippen LogP contribution in [0.25, 0.3) is 0 Å². The number of hydrogen-bond donors (Lipinski definition) is 2. The largest absolute Gasteiger partial charge is 0.496 e. The Morgan fingerprint density at radius 1 is 1.05 bits per heavy atom. The van der Waals surface area contributed by atoms with Crippen molar-refractivity contribution in [3.63, 3.8) is 0 Å². The zero-order valence-corrected chi connectivity index (χ0v) is 23.2. The molecule has 220 valence electrons. The van der Waals surface area contributed by atoms with Crippen LogP contribution in [0.5, 0.6) is 5.75 Å². The van der Waals surface area contributed by atoms with Gasteiger partial charge in [0.2, 0.25) is 5.91 Å². The summed E-state index contributed by atoms with van der Waals surface area (Å²) in [6.45, 7) is 0.0505. The van der Waals surface area contributed by atoms with Crippen molar-refractivity contribution in [2.75, 3.05) is 7.11 Å². The van der Waals surface area contributed by atoms with E-state index in [4.69, 9.17) is 4.74 Å². The number of halogens is 3. The highest BCUT2D eigenvalue weighted by molar-refractivity contribution is 5.87. The van der Waals surface area contributed by atoms with Gasteiger partial charge in [-0.2, -0.15) is 13.2 Å². The minimum atomic E-state index is -4.51. The Kier molecular flexibility index (Phi) is 7.29. The first-order valence-corrected chi connectivity index (χ1v) is 14.7. The van der Waals surface area contributed by atoms with Crippen molar-refractivity contribution in [3.8, 4) is 5.75 Å². The average Bonchev–Trinajstić information content (AvgIpc) is 3.25. The van der Waals surface area contributed by atoms with E-state index in [9.17, 15) is 27.9 Å². The number of likely N-dealkylation sites (tertiary alicyclic amines) is 1. The molecule has 1 saturated heterocycles. The van der Waals surface area contributed by atoms with Crippen molar-refractivity contribution in [1.82, 2.24) is 10.2 Å². The number of amides is 1. The van der Waals surface area contributed by atoms with Gasteiger partial charge in [-0.3, -0.25) is 4.79 Å². The lowest BCUT2D eigenvalue weighted by Gasteiger charge is -2.66. The molecule has 2 N–H and O–H groups in total. The van der Waals surface area contributed by atoms with Gasteiger partial charge in [-0.1, -0.05) is 49.6 Å². The van der Waals surface area contributed by atoms with Crippen LogP contribution in [0.1, 0.15) is 74.1 Å². The fraction of sp³-hybridized carbons (Fsp3) is 0.562. The number of ether oxygens (including phenoxy) is 1. The number of aliphatic carboxylic acids is 1. The van der Waals surface area contributed by atoms with Crippen LogP contribution in [0.2, 0.25) is 0 Å². The highest BCUT2D eigenvalue weighted by Crippen LogP contribution is 2.71. The predicted molar refractivity (Wildman–Crippen MR) is 146 cm³/mol. The van der Waals surface area contributed by atoms with E-state index < -0.39 is 35.8 Å². The Morgan fingerprint density at radius 2 is 1.73 bits per heavy atom. The summed E-state index contributed by atoms with van der Waals surface area (Å²) >= 11 is 0. The Morgan fingerprint density at radius 3 is 2.29 bits per heavy atom. The molecule has 1 aliphatic heterocycles. The van der Waals surface area contributed by atoms with Gasteiger partial charge in [0.15, 0.2) is 0 Å². The van der Waals surface area contributed by atoms with Crippen LogP contribution in [0.4, 0.5) is 13.2 Å². The minimum absolute atomic E-state index is 0.0505. The monoisotopic (exact) mass is 570 g/mol. The molecule has 4 aliphatic carbocycles. The molecule has 5 fully saturated rings. The molecule has 0 spiro atoms. The van der Waals surface area contributed by atoms with E-state index in [1.54, 1.807) is 4.90 Å². The Hall–Kier alpha value is -3.07. The molecular weight excluding hydrogens is 533 g/mol. The van der Waals surface area contributed by atoms with Crippen LogP contribution in [-0.2, 0) is 22.3 Å². The van der Waals surface area contributed by atoms with Crippen LogP contribution in [-0.4, -0.2) is 41.1 Å². The molecule has 0 unspecified atom stereocenters. The first-order valence-electron chi connectivity index (χ1n) is 14.7.